The van der Waals surface area contributed by atoms with E-state index in [1.54, 1.807) is 7.11 Å². The molecular formula is C17H25N3O3S. The fourth-order valence-corrected chi connectivity index (χ4v) is 2.88. The summed E-state index contributed by atoms with van der Waals surface area (Å²) in [7, 11) is 1.67. The smallest absolute Gasteiger partial charge is 0.320 e. The Kier molecular flexibility index (Phi) is 7.27. The molecule has 0 bridgehead atoms. The summed E-state index contributed by atoms with van der Waals surface area (Å²) in [6, 6.07) is 7.89. The lowest BCUT2D eigenvalue weighted by Gasteiger charge is -2.35. The van der Waals surface area contributed by atoms with Crippen LogP contribution in [0.3, 0.4) is 0 Å². The Morgan fingerprint density at radius 3 is 2.62 bits per heavy atom. The van der Waals surface area contributed by atoms with E-state index in [-0.39, 0.29) is 5.97 Å². The van der Waals surface area contributed by atoms with Crippen molar-refractivity contribution >= 4 is 23.3 Å². The van der Waals surface area contributed by atoms with E-state index in [9.17, 15) is 4.79 Å². The lowest BCUT2D eigenvalue weighted by molar-refractivity contribution is -0.144. The van der Waals surface area contributed by atoms with Crippen LogP contribution in [0.1, 0.15) is 12.5 Å². The molecular weight excluding hydrogens is 326 g/mol. The monoisotopic (exact) mass is 351 g/mol. The summed E-state index contributed by atoms with van der Waals surface area (Å²) in [6.07, 6.45) is 0. The van der Waals surface area contributed by atoms with Crippen molar-refractivity contribution in [1.29, 1.82) is 0 Å². The van der Waals surface area contributed by atoms with Crippen molar-refractivity contribution in [2.45, 2.75) is 13.5 Å². The van der Waals surface area contributed by atoms with Gasteiger partial charge in [-0.2, -0.15) is 0 Å². The van der Waals surface area contributed by atoms with Crippen molar-refractivity contribution in [3.8, 4) is 5.75 Å². The van der Waals surface area contributed by atoms with Crippen molar-refractivity contribution in [3.05, 3.63) is 29.8 Å². The summed E-state index contributed by atoms with van der Waals surface area (Å²) < 4.78 is 10.3. The lowest BCUT2D eigenvalue weighted by atomic mass is 10.2. The van der Waals surface area contributed by atoms with Gasteiger partial charge in [0, 0.05) is 38.3 Å². The molecule has 0 amide bonds. The Balaban J connectivity index is 1.75. The molecule has 7 heteroatoms. The topological polar surface area (TPSA) is 54.0 Å². The van der Waals surface area contributed by atoms with Crippen LogP contribution in [0, 0.1) is 0 Å². The van der Waals surface area contributed by atoms with Gasteiger partial charge in [-0.3, -0.25) is 9.69 Å². The van der Waals surface area contributed by atoms with E-state index in [1.807, 2.05) is 31.2 Å². The molecule has 0 atom stereocenters. The third-order valence-electron chi connectivity index (χ3n) is 3.94. The number of carbonyl (C=O) groups excluding carboxylic acids is 1. The number of hydrogen-bond donors (Lipinski definition) is 1. The molecule has 1 aromatic carbocycles. The highest BCUT2D eigenvalue weighted by molar-refractivity contribution is 7.80. The number of nitrogens with zero attached hydrogens (tertiary/aromatic N) is 2. The zero-order valence-electron chi connectivity index (χ0n) is 14.3. The van der Waals surface area contributed by atoms with Gasteiger partial charge < -0.3 is 19.7 Å². The predicted molar refractivity (Wildman–Crippen MR) is 97.1 cm³/mol. The zero-order valence-corrected chi connectivity index (χ0v) is 15.1. The second kappa shape index (κ2) is 9.44. The Hall–Kier alpha value is -1.86. The Bertz CT molecular complexity index is 560. The van der Waals surface area contributed by atoms with Crippen LogP contribution >= 0.6 is 12.2 Å². The second-order valence-electron chi connectivity index (χ2n) is 5.54. The molecule has 2 rings (SSSR count). The minimum atomic E-state index is -0.164. The standard InChI is InChI=1S/C17H25N3O3S/c1-3-23-16(21)13-19-8-10-20(11-9-19)17(24)18-12-14-6-4-5-7-15(14)22-2/h4-7H,3,8-13H2,1-2H3,(H,18,24). The van der Waals surface area contributed by atoms with E-state index in [0.29, 0.717) is 19.7 Å². The maximum Gasteiger partial charge on any atom is 0.320 e. The van der Waals surface area contributed by atoms with Crippen molar-refractivity contribution in [2.24, 2.45) is 0 Å². The van der Waals surface area contributed by atoms with Crippen molar-refractivity contribution in [1.82, 2.24) is 15.1 Å². The molecule has 1 aromatic rings. The van der Waals surface area contributed by atoms with Crippen molar-refractivity contribution < 1.29 is 14.3 Å². The van der Waals surface area contributed by atoms with Gasteiger partial charge in [-0.05, 0) is 25.2 Å². The first-order valence-corrected chi connectivity index (χ1v) is 8.57. The fourth-order valence-electron chi connectivity index (χ4n) is 2.63. The number of piperazine rings is 1. The van der Waals surface area contributed by atoms with Crippen LogP contribution in [-0.2, 0) is 16.1 Å². The van der Waals surface area contributed by atoms with E-state index in [1.165, 1.54) is 0 Å². The summed E-state index contributed by atoms with van der Waals surface area (Å²) in [5, 5.41) is 4.02. The van der Waals surface area contributed by atoms with Gasteiger partial charge in [0.25, 0.3) is 0 Å². The van der Waals surface area contributed by atoms with E-state index in [0.717, 1.165) is 42.6 Å². The number of para-hydroxylation sites is 1. The molecule has 1 aliphatic rings. The van der Waals surface area contributed by atoms with Crippen LogP contribution < -0.4 is 10.1 Å². The largest absolute Gasteiger partial charge is 0.496 e. The maximum atomic E-state index is 11.5. The third-order valence-corrected chi connectivity index (χ3v) is 4.34. The second-order valence-corrected chi connectivity index (χ2v) is 5.93. The molecule has 0 spiro atoms. The van der Waals surface area contributed by atoms with Crippen molar-refractivity contribution in [2.75, 3.05) is 46.4 Å². The molecule has 0 radical (unpaired) electrons. The molecule has 1 aliphatic heterocycles. The average Bonchev–Trinajstić information content (AvgIpc) is 2.60. The SMILES string of the molecule is CCOC(=O)CN1CCN(C(=S)NCc2ccccc2OC)CC1. The number of benzene rings is 1. The quantitative estimate of drug-likeness (QED) is 0.611. The van der Waals surface area contributed by atoms with E-state index < -0.39 is 0 Å². The van der Waals surface area contributed by atoms with Gasteiger partial charge in [0.05, 0.1) is 20.3 Å². The maximum absolute atomic E-state index is 11.5. The van der Waals surface area contributed by atoms with Gasteiger partial charge in [0.2, 0.25) is 0 Å². The van der Waals surface area contributed by atoms with E-state index >= 15 is 0 Å². The van der Waals surface area contributed by atoms with Gasteiger partial charge in [-0.1, -0.05) is 18.2 Å². The molecule has 132 valence electrons. The van der Waals surface area contributed by atoms with Crippen molar-refractivity contribution in [3.63, 3.8) is 0 Å². The zero-order chi connectivity index (χ0) is 17.4. The Labute approximate surface area is 148 Å². The number of rotatable bonds is 6. The molecule has 0 aromatic heterocycles. The summed E-state index contributed by atoms with van der Waals surface area (Å²) in [5.41, 5.74) is 1.07. The third kappa shape index (κ3) is 5.35. The molecule has 1 heterocycles. The summed E-state index contributed by atoms with van der Waals surface area (Å²) in [6.45, 7) is 6.44. The normalized spacial score (nSPS) is 15.0. The first-order valence-electron chi connectivity index (χ1n) is 8.16. The highest BCUT2D eigenvalue weighted by Gasteiger charge is 2.21. The molecule has 0 aliphatic carbocycles. The number of ether oxygens (including phenoxy) is 2. The molecule has 1 N–H and O–H groups in total. The van der Waals surface area contributed by atoms with Crippen LogP contribution in [0.4, 0.5) is 0 Å². The average molecular weight is 351 g/mol. The van der Waals surface area contributed by atoms with Gasteiger partial charge in [-0.25, -0.2) is 0 Å². The number of methoxy groups -OCH3 is 1. The van der Waals surface area contributed by atoms with E-state index in [2.05, 4.69) is 15.1 Å². The number of carbonyl (C=O) groups is 1. The molecule has 1 fully saturated rings. The number of thiocarbonyl (C=S) groups is 1. The molecule has 24 heavy (non-hydrogen) atoms. The first kappa shape index (κ1) is 18.5. The summed E-state index contributed by atoms with van der Waals surface area (Å²) in [5.74, 6) is 0.690. The lowest BCUT2D eigenvalue weighted by Crippen LogP contribution is -2.52. The summed E-state index contributed by atoms with van der Waals surface area (Å²) >= 11 is 5.48. The first-order chi connectivity index (χ1) is 11.6. The molecule has 6 nitrogen and oxygen atoms in total. The van der Waals surface area contributed by atoms with Gasteiger partial charge in [0.15, 0.2) is 5.11 Å². The Morgan fingerprint density at radius 2 is 1.96 bits per heavy atom. The summed E-state index contributed by atoms with van der Waals surface area (Å²) in [4.78, 5) is 15.7. The van der Waals surface area contributed by atoms with E-state index in [4.69, 9.17) is 21.7 Å². The highest BCUT2D eigenvalue weighted by atomic mass is 32.1. The number of nitrogens with one attached hydrogen (secondary N) is 1. The highest BCUT2D eigenvalue weighted by Crippen LogP contribution is 2.16. The van der Waals surface area contributed by atoms with Gasteiger partial charge in [0.1, 0.15) is 5.75 Å². The molecule has 0 unspecified atom stereocenters. The predicted octanol–water partition coefficient (Wildman–Crippen LogP) is 1.25. The molecule has 1 saturated heterocycles. The van der Waals surface area contributed by atoms with Crippen LogP contribution in [0.15, 0.2) is 24.3 Å². The van der Waals surface area contributed by atoms with Gasteiger partial charge >= 0.3 is 5.97 Å². The van der Waals surface area contributed by atoms with Gasteiger partial charge in [-0.15, -0.1) is 0 Å². The number of hydrogen-bond acceptors (Lipinski definition) is 5. The minimum absolute atomic E-state index is 0.164. The molecule has 0 saturated carbocycles. The van der Waals surface area contributed by atoms with Crippen LogP contribution in [-0.4, -0.2) is 67.3 Å². The minimum Gasteiger partial charge on any atom is -0.496 e. The van der Waals surface area contributed by atoms with Crippen LogP contribution in [0.25, 0.3) is 0 Å². The number of esters is 1. The fraction of sp³-hybridized carbons (Fsp3) is 0.529. The van der Waals surface area contributed by atoms with Crippen LogP contribution in [0.2, 0.25) is 0 Å². The Morgan fingerprint density at radius 1 is 1.25 bits per heavy atom. The van der Waals surface area contributed by atoms with Crippen LogP contribution in [0.5, 0.6) is 5.75 Å².